The van der Waals surface area contributed by atoms with Crippen molar-refractivity contribution in [2.45, 2.75) is 72.5 Å². The summed E-state index contributed by atoms with van der Waals surface area (Å²) < 4.78 is 40.6. The molecule has 46 heavy (non-hydrogen) atoms. The van der Waals surface area contributed by atoms with Gasteiger partial charge in [0, 0.05) is 42.8 Å². The molecule has 1 aromatic heterocycles. The summed E-state index contributed by atoms with van der Waals surface area (Å²) in [6, 6.07) is 6.67. The van der Waals surface area contributed by atoms with Crippen LogP contribution in [0.5, 0.6) is 5.75 Å². The molecule has 0 aliphatic carbocycles. The third-order valence-corrected chi connectivity index (χ3v) is 11.6. The molecule has 8 nitrogen and oxygen atoms in total. The number of ether oxygens (including phenoxy) is 3. The zero-order valence-electron chi connectivity index (χ0n) is 28.5. The van der Waals surface area contributed by atoms with Crippen LogP contribution in [0, 0.1) is 11.2 Å². The molecule has 1 fully saturated rings. The number of halogens is 2. The molecule has 1 aliphatic heterocycles. The van der Waals surface area contributed by atoms with Gasteiger partial charge in [-0.15, -0.1) is 0 Å². The second-order valence-corrected chi connectivity index (χ2v) is 17.2. The molecule has 1 atom stereocenters. The maximum Gasteiger partial charge on any atom is 0.475 e. The Morgan fingerprint density at radius 3 is 2.35 bits per heavy atom. The molecular weight excluding hydrogens is 627 g/mol. The second-order valence-electron chi connectivity index (χ2n) is 13.9. The molecule has 11 heteroatoms. The fourth-order valence-electron chi connectivity index (χ4n) is 5.50. The zero-order valence-corrected chi connectivity index (χ0v) is 30.3. The number of aromatic nitrogens is 1. The SMILES string of the molecule is CCOC(=O)c1cn([C@H](CO[Si+](C)C(C)(C)C)C(C)(C)C)c2cc(OC)c(Cc3cc(N4CCOCC4)cc(Cl)c3F)cc2c1=O. The van der Waals surface area contributed by atoms with Crippen molar-refractivity contribution in [3.63, 3.8) is 0 Å². The minimum absolute atomic E-state index is 0.0180. The molecule has 1 aliphatic rings. The van der Waals surface area contributed by atoms with E-state index in [-0.39, 0.29) is 40.1 Å². The lowest BCUT2D eigenvalue weighted by Crippen LogP contribution is -2.36. The molecule has 0 amide bonds. The monoisotopic (exact) mass is 673 g/mol. The number of pyridine rings is 1. The van der Waals surface area contributed by atoms with Gasteiger partial charge in [-0.1, -0.05) is 32.4 Å². The van der Waals surface area contributed by atoms with Crippen LogP contribution in [0.1, 0.15) is 76.0 Å². The van der Waals surface area contributed by atoms with Crippen molar-refractivity contribution in [3.05, 3.63) is 68.2 Å². The summed E-state index contributed by atoms with van der Waals surface area (Å²) in [7, 11) is 0.366. The number of methoxy groups -OCH3 is 1. The first-order valence-electron chi connectivity index (χ1n) is 15.8. The Morgan fingerprint density at radius 2 is 1.76 bits per heavy atom. The van der Waals surface area contributed by atoms with Crippen LogP contribution in [0.15, 0.2) is 35.3 Å². The Bertz CT molecular complexity index is 1620. The van der Waals surface area contributed by atoms with Gasteiger partial charge in [0.1, 0.15) is 28.8 Å². The molecule has 2 heterocycles. The van der Waals surface area contributed by atoms with Gasteiger partial charge in [-0.25, -0.2) is 13.6 Å². The predicted molar refractivity (Wildman–Crippen MR) is 184 cm³/mol. The van der Waals surface area contributed by atoms with E-state index in [1.54, 1.807) is 44.5 Å². The van der Waals surface area contributed by atoms with Crippen molar-refractivity contribution in [3.8, 4) is 5.75 Å². The highest BCUT2D eigenvalue weighted by Gasteiger charge is 2.41. The van der Waals surface area contributed by atoms with Crippen LogP contribution in [0.2, 0.25) is 16.6 Å². The van der Waals surface area contributed by atoms with Crippen molar-refractivity contribution >= 4 is 43.2 Å². The number of nitrogens with zero attached hydrogens (tertiary/aromatic N) is 2. The van der Waals surface area contributed by atoms with E-state index in [1.165, 1.54) is 0 Å². The van der Waals surface area contributed by atoms with Crippen LogP contribution in [0.3, 0.4) is 0 Å². The third-order valence-electron chi connectivity index (χ3n) is 8.62. The van der Waals surface area contributed by atoms with Crippen molar-refractivity contribution < 1.29 is 27.8 Å². The maximum atomic E-state index is 15.5. The van der Waals surface area contributed by atoms with Crippen LogP contribution in [0.4, 0.5) is 10.1 Å². The summed E-state index contributed by atoms with van der Waals surface area (Å²) in [5.74, 6) is -0.736. The van der Waals surface area contributed by atoms with E-state index in [4.69, 9.17) is 30.2 Å². The van der Waals surface area contributed by atoms with Gasteiger partial charge in [0.2, 0.25) is 5.43 Å². The molecule has 0 saturated carbocycles. The topological polar surface area (TPSA) is 79.2 Å². The Kier molecular flexibility index (Phi) is 11.3. The number of benzene rings is 2. The number of carbonyl (C=O) groups excluding carboxylic acids is 1. The zero-order chi connectivity index (χ0) is 34.0. The molecule has 4 rings (SSSR count). The molecule has 0 unspecified atom stereocenters. The quantitative estimate of drug-likeness (QED) is 0.164. The van der Waals surface area contributed by atoms with Crippen molar-refractivity contribution in [1.29, 1.82) is 0 Å². The average molecular weight is 674 g/mol. The van der Waals surface area contributed by atoms with E-state index >= 15 is 4.39 Å². The molecule has 0 spiro atoms. The maximum absolute atomic E-state index is 15.5. The van der Waals surface area contributed by atoms with Crippen molar-refractivity contribution in [2.75, 3.05) is 51.5 Å². The number of hydrogen-bond acceptors (Lipinski definition) is 7. The average Bonchev–Trinajstić information content (AvgIpc) is 2.99. The Hall–Kier alpha value is -2.92. The number of hydrogen-bond donors (Lipinski definition) is 0. The largest absolute Gasteiger partial charge is 0.496 e. The molecule has 0 N–H and O–H groups in total. The second kappa shape index (κ2) is 14.5. The molecule has 0 radical (unpaired) electrons. The Balaban J connectivity index is 1.90. The highest BCUT2D eigenvalue weighted by atomic mass is 35.5. The lowest BCUT2D eigenvalue weighted by molar-refractivity contribution is 0.0522. The normalized spacial score (nSPS) is 14.8. The summed E-state index contributed by atoms with van der Waals surface area (Å²) in [4.78, 5) is 29.2. The first kappa shape index (κ1) is 35.9. The minimum atomic E-state index is -1.18. The van der Waals surface area contributed by atoms with Crippen LogP contribution in [-0.4, -0.2) is 66.2 Å². The van der Waals surface area contributed by atoms with Gasteiger partial charge >= 0.3 is 15.0 Å². The molecule has 0 bridgehead atoms. The molecule has 250 valence electrons. The van der Waals surface area contributed by atoms with E-state index in [2.05, 4.69) is 53.0 Å². The fourth-order valence-corrected chi connectivity index (χ4v) is 6.57. The lowest BCUT2D eigenvalue weighted by Gasteiger charge is -2.34. The van der Waals surface area contributed by atoms with Gasteiger partial charge in [0.15, 0.2) is 0 Å². The number of esters is 1. The fraction of sp³-hybridized carbons (Fsp3) is 0.543. The number of anilines is 1. The molecular formula is C35H47ClFN2O6Si+. The number of morpholine rings is 1. The van der Waals surface area contributed by atoms with Crippen molar-refractivity contribution in [1.82, 2.24) is 4.57 Å². The van der Waals surface area contributed by atoms with Gasteiger partial charge in [-0.05, 0) is 62.4 Å². The molecule has 2 aromatic carbocycles. The minimum Gasteiger partial charge on any atom is -0.496 e. The smallest absolute Gasteiger partial charge is 0.475 e. The van der Waals surface area contributed by atoms with E-state index in [0.717, 1.165) is 5.69 Å². The van der Waals surface area contributed by atoms with Crippen LogP contribution in [0.25, 0.3) is 10.9 Å². The third kappa shape index (κ3) is 7.95. The van der Waals surface area contributed by atoms with E-state index in [0.29, 0.717) is 60.7 Å². The lowest BCUT2D eigenvalue weighted by atomic mass is 9.86. The number of carbonyl (C=O) groups is 1. The summed E-state index contributed by atoms with van der Waals surface area (Å²) in [5, 5.41) is 0.347. The van der Waals surface area contributed by atoms with Gasteiger partial charge in [-0.3, -0.25) is 4.79 Å². The molecule has 1 saturated heterocycles. The summed E-state index contributed by atoms with van der Waals surface area (Å²) in [6.45, 7) is 19.7. The Morgan fingerprint density at radius 1 is 1.09 bits per heavy atom. The van der Waals surface area contributed by atoms with E-state index in [9.17, 15) is 9.59 Å². The van der Waals surface area contributed by atoms with Gasteiger partial charge in [0.25, 0.3) is 0 Å². The first-order chi connectivity index (χ1) is 21.6. The summed E-state index contributed by atoms with van der Waals surface area (Å²) in [5.41, 5.74) is 1.50. The highest BCUT2D eigenvalue weighted by Crippen LogP contribution is 2.38. The molecule has 3 aromatic rings. The predicted octanol–water partition coefficient (Wildman–Crippen LogP) is 7.43. The van der Waals surface area contributed by atoms with E-state index in [1.807, 2.05) is 4.57 Å². The van der Waals surface area contributed by atoms with Gasteiger partial charge in [-0.2, -0.15) is 0 Å². The van der Waals surface area contributed by atoms with Gasteiger partial charge < -0.3 is 23.7 Å². The van der Waals surface area contributed by atoms with Gasteiger partial charge in [0.05, 0.1) is 50.1 Å². The summed E-state index contributed by atoms with van der Waals surface area (Å²) in [6.07, 6.45) is 1.70. The van der Waals surface area contributed by atoms with Crippen LogP contribution < -0.4 is 15.1 Å². The van der Waals surface area contributed by atoms with Crippen molar-refractivity contribution in [2.24, 2.45) is 5.41 Å². The highest BCUT2D eigenvalue weighted by molar-refractivity contribution is 6.53. The number of fused-ring (bicyclic) bond motifs is 1. The Labute approximate surface area is 278 Å². The number of rotatable bonds is 10. The van der Waals surface area contributed by atoms with Crippen LogP contribution in [-0.2, 0) is 20.3 Å². The van der Waals surface area contributed by atoms with Crippen LogP contribution >= 0.6 is 11.6 Å². The standard InChI is InChI=1S/C35H47ClFN2O6Si/c1-10-44-33(41)26-20-39(30(34(2,3)4)21-45-46(9)35(5,6)7)28-19-29(42-8)22(17-25(28)32(26)40)15-23-16-24(18-27(36)31(23)37)38-11-13-43-14-12-38/h16-20,30H,10-15,21H2,1-9H3/q+1/t30-/m1/s1. The first-order valence-corrected chi connectivity index (χ1v) is 18.1. The summed E-state index contributed by atoms with van der Waals surface area (Å²) >= 11 is 6.38. The van der Waals surface area contributed by atoms with E-state index < -0.39 is 26.3 Å².